The van der Waals surface area contributed by atoms with Crippen LogP contribution in [0.3, 0.4) is 0 Å². The molecule has 9 heteroatoms. The highest BCUT2D eigenvalue weighted by molar-refractivity contribution is 7.22. The summed E-state index contributed by atoms with van der Waals surface area (Å²) < 4.78 is 17.8. The van der Waals surface area contributed by atoms with Crippen molar-refractivity contribution in [3.8, 4) is 17.2 Å². The van der Waals surface area contributed by atoms with Gasteiger partial charge in [0.2, 0.25) is 0 Å². The average molecular weight is 508 g/mol. The molecule has 3 aromatic rings. The van der Waals surface area contributed by atoms with Crippen molar-refractivity contribution in [3.63, 3.8) is 0 Å². The summed E-state index contributed by atoms with van der Waals surface area (Å²) >= 11 is 1.51. The third-order valence-electron chi connectivity index (χ3n) is 5.48. The molecular formula is C25H34ClN3O4S. The average Bonchev–Trinajstić information content (AvgIpc) is 3.28. The van der Waals surface area contributed by atoms with E-state index in [2.05, 4.69) is 18.7 Å². The number of hydrogen-bond donors (Lipinski definition) is 0. The Morgan fingerprint density at radius 2 is 1.62 bits per heavy atom. The number of anilines is 1. The lowest BCUT2D eigenvalue weighted by Gasteiger charge is -2.24. The Hall–Kier alpha value is -2.55. The number of carbonyl (C=O) groups is 1. The molecule has 1 aromatic heterocycles. The zero-order chi connectivity index (χ0) is 23.8. The number of rotatable bonds is 12. The van der Waals surface area contributed by atoms with E-state index >= 15 is 0 Å². The van der Waals surface area contributed by atoms with Gasteiger partial charge in [-0.25, -0.2) is 4.98 Å². The minimum absolute atomic E-state index is 0. The molecule has 3 rings (SSSR count). The number of likely N-dealkylation sites (N-methyl/N-ethyl adjacent to an activating group) is 1. The molecule has 0 atom stereocenters. The summed E-state index contributed by atoms with van der Waals surface area (Å²) in [6.45, 7) is 11.9. The first-order valence-electron chi connectivity index (χ1n) is 11.3. The Bertz CT molecular complexity index is 1050. The molecule has 0 saturated heterocycles. The number of ether oxygens (including phenoxy) is 3. The van der Waals surface area contributed by atoms with Crippen molar-refractivity contribution in [2.75, 3.05) is 51.4 Å². The van der Waals surface area contributed by atoms with Crippen molar-refractivity contribution in [1.82, 2.24) is 9.88 Å². The van der Waals surface area contributed by atoms with Crippen LogP contribution in [0.25, 0.3) is 10.2 Å². The monoisotopic (exact) mass is 507 g/mol. The summed E-state index contributed by atoms with van der Waals surface area (Å²) in [6.07, 6.45) is 0. The van der Waals surface area contributed by atoms with Gasteiger partial charge in [-0.05, 0) is 62.8 Å². The van der Waals surface area contributed by atoms with Crippen LogP contribution in [-0.2, 0) is 4.79 Å². The van der Waals surface area contributed by atoms with Crippen LogP contribution in [0.15, 0.2) is 36.4 Å². The molecule has 0 bridgehead atoms. The molecule has 2 aromatic carbocycles. The van der Waals surface area contributed by atoms with Gasteiger partial charge in [-0.3, -0.25) is 9.69 Å². The molecule has 0 aliphatic carbocycles. The van der Waals surface area contributed by atoms with E-state index in [1.807, 2.05) is 50.2 Å². The molecule has 1 amide bonds. The minimum atomic E-state index is -0.133. The van der Waals surface area contributed by atoms with Gasteiger partial charge in [-0.15, -0.1) is 12.4 Å². The maximum Gasteiger partial charge on any atom is 0.266 e. The quantitative estimate of drug-likeness (QED) is 0.336. The van der Waals surface area contributed by atoms with Gasteiger partial charge >= 0.3 is 0 Å². The van der Waals surface area contributed by atoms with Crippen LogP contribution in [0.5, 0.6) is 17.2 Å². The normalized spacial score (nSPS) is 10.8. The van der Waals surface area contributed by atoms with Crippen molar-refractivity contribution >= 4 is 45.0 Å². The summed E-state index contributed by atoms with van der Waals surface area (Å²) in [7, 11) is 1.64. The topological polar surface area (TPSA) is 64.1 Å². The van der Waals surface area contributed by atoms with Crippen LogP contribution in [0, 0.1) is 6.92 Å². The van der Waals surface area contributed by atoms with Gasteiger partial charge in [0, 0.05) is 13.1 Å². The fourth-order valence-corrected chi connectivity index (χ4v) is 4.60. The lowest BCUT2D eigenvalue weighted by Crippen LogP contribution is -2.41. The summed E-state index contributed by atoms with van der Waals surface area (Å²) in [5.74, 6) is 1.97. The van der Waals surface area contributed by atoms with Crippen LogP contribution in [0.4, 0.5) is 5.13 Å². The molecular weight excluding hydrogens is 474 g/mol. The first kappa shape index (κ1) is 27.7. The third kappa shape index (κ3) is 6.74. The van der Waals surface area contributed by atoms with E-state index in [-0.39, 0.29) is 24.9 Å². The van der Waals surface area contributed by atoms with Crippen LogP contribution in [0.1, 0.15) is 26.3 Å². The SMILES string of the molecule is CCOc1ccc(OCC(=O)N(CCN(CC)CC)c2nc3c(OC)ccc(C)c3s2)cc1.Cl. The van der Waals surface area contributed by atoms with Crippen molar-refractivity contribution in [2.24, 2.45) is 0 Å². The van der Waals surface area contributed by atoms with Crippen molar-refractivity contribution in [3.05, 3.63) is 42.0 Å². The van der Waals surface area contributed by atoms with E-state index in [0.29, 0.717) is 29.8 Å². The number of thiazole rings is 1. The maximum absolute atomic E-state index is 13.3. The zero-order valence-corrected chi connectivity index (χ0v) is 22.1. The van der Waals surface area contributed by atoms with Crippen LogP contribution in [-0.4, -0.2) is 62.3 Å². The third-order valence-corrected chi connectivity index (χ3v) is 6.69. The van der Waals surface area contributed by atoms with Crippen LogP contribution < -0.4 is 19.1 Å². The molecule has 0 spiro atoms. The second-order valence-electron chi connectivity index (χ2n) is 7.52. The Morgan fingerprint density at radius 1 is 0.971 bits per heavy atom. The number of nitrogens with zero attached hydrogens (tertiary/aromatic N) is 3. The molecule has 7 nitrogen and oxygen atoms in total. The van der Waals surface area contributed by atoms with Gasteiger partial charge in [0.15, 0.2) is 11.7 Å². The Kier molecular flexibility index (Phi) is 10.9. The number of carbonyl (C=O) groups excluding carboxylic acids is 1. The second-order valence-corrected chi connectivity index (χ2v) is 8.50. The first-order chi connectivity index (χ1) is 16.0. The zero-order valence-electron chi connectivity index (χ0n) is 20.5. The highest BCUT2D eigenvalue weighted by Gasteiger charge is 2.22. The maximum atomic E-state index is 13.3. The molecule has 34 heavy (non-hydrogen) atoms. The predicted molar refractivity (Wildman–Crippen MR) is 141 cm³/mol. The van der Waals surface area contributed by atoms with Gasteiger partial charge in [-0.1, -0.05) is 31.3 Å². The highest BCUT2D eigenvalue weighted by atomic mass is 35.5. The van der Waals surface area contributed by atoms with Crippen LogP contribution >= 0.6 is 23.7 Å². The fraction of sp³-hybridized carbons (Fsp3) is 0.440. The standard InChI is InChI=1S/C25H33N3O4S.ClH/c1-6-27(7-2)15-16-28(22(29)17-32-20-12-10-19(11-13-20)31-8-3)25-26-23-21(30-5)14-9-18(4)24(23)33-25;/h9-14H,6-8,15-17H2,1-5H3;1H. The summed E-state index contributed by atoms with van der Waals surface area (Å²) in [4.78, 5) is 22.1. The molecule has 0 aliphatic heterocycles. The Morgan fingerprint density at radius 3 is 2.21 bits per heavy atom. The number of benzene rings is 2. The molecule has 0 unspecified atom stereocenters. The van der Waals surface area contributed by atoms with E-state index in [0.717, 1.165) is 41.2 Å². The molecule has 186 valence electrons. The summed E-state index contributed by atoms with van der Waals surface area (Å²) in [6, 6.07) is 11.2. The number of aromatic nitrogens is 1. The van der Waals surface area contributed by atoms with Gasteiger partial charge in [-0.2, -0.15) is 0 Å². The summed E-state index contributed by atoms with van der Waals surface area (Å²) in [5, 5.41) is 0.657. The van der Waals surface area contributed by atoms with E-state index in [1.54, 1.807) is 12.0 Å². The molecule has 0 N–H and O–H groups in total. The van der Waals surface area contributed by atoms with Gasteiger partial charge in [0.05, 0.1) is 18.4 Å². The van der Waals surface area contributed by atoms with E-state index in [4.69, 9.17) is 19.2 Å². The van der Waals surface area contributed by atoms with Gasteiger partial charge in [0.25, 0.3) is 5.91 Å². The van der Waals surface area contributed by atoms with E-state index in [9.17, 15) is 4.79 Å². The number of hydrogen-bond acceptors (Lipinski definition) is 7. The smallest absolute Gasteiger partial charge is 0.266 e. The summed E-state index contributed by atoms with van der Waals surface area (Å²) in [5.41, 5.74) is 1.89. The van der Waals surface area contributed by atoms with Crippen LogP contribution in [0.2, 0.25) is 0 Å². The fourth-order valence-electron chi connectivity index (χ4n) is 3.51. The number of fused-ring (bicyclic) bond motifs is 1. The number of methoxy groups -OCH3 is 1. The van der Waals surface area contributed by atoms with Crippen molar-refractivity contribution in [1.29, 1.82) is 0 Å². The van der Waals surface area contributed by atoms with Crippen molar-refractivity contribution in [2.45, 2.75) is 27.7 Å². The lowest BCUT2D eigenvalue weighted by atomic mass is 10.2. The van der Waals surface area contributed by atoms with Gasteiger partial charge in [0.1, 0.15) is 22.8 Å². The number of amides is 1. The molecule has 0 fully saturated rings. The Labute approximate surface area is 212 Å². The van der Waals surface area contributed by atoms with Crippen molar-refractivity contribution < 1.29 is 19.0 Å². The molecule has 0 aliphatic rings. The highest BCUT2D eigenvalue weighted by Crippen LogP contribution is 2.36. The minimum Gasteiger partial charge on any atom is -0.494 e. The molecule has 1 heterocycles. The predicted octanol–water partition coefficient (Wildman–Crippen LogP) is 5.19. The second kappa shape index (κ2) is 13.4. The Balaban J connectivity index is 0.00000408. The number of aryl methyl sites for hydroxylation is 1. The lowest BCUT2D eigenvalue weighted by molar-refractivity contribution is -0.120. The molecule has 0 saturated carbocycles. The van der Waals surface area contributed by atoms with Gasteiger partial charge < -0.3 is 19.1 Å². The molecule has 0 radical (unpaired) electrons. The largest absolute Gasteiger partial charge is 0.494 e. The van der Waals surface area contributed by atoms with E-state index < -0.39 is 0 Å². The first-order valence-corrected chi connectivity index (χ1v) is 12.1. The van der Waals surface area contributed by atoms with E-state index in [1.165, 1.54) is 11.3 Å². The number of halogens is 1.